The van der Waals surface area contributed by atoms with Gasteiger partial charge < -0.3 is 24.8 Å². The van der Waals surface area contributed by atoms with Crippen LogP contribution in [-0.4, -0.2) is 59.4 Å². The van der Waals surface area contributed by atoms with E-state index in [1.165, 1.54) is 19.4 Å². The number of amides is 1. The van der Waals surface area contributed by atoms with Gasteiger partial charge >= 0.3 is 0 Å². The standard InChI is InChI=1S/C17H21N5O4/c1-11(19-16(24)13-4-3-12(25-2)10-18-13)14-9-15(23)21-17(20-14)22-5-7-26-8-6-22/h3-4,9-11H,5-8H2,1-2H3,(H,19,24)(H,20,21,23)/t11-/m1/s1. The predicted molar refractivity (Wildman–Crippen MR) is 93.4 cm³/mol. The molecule has 0 bridgehead atoms. The molecule has 2 N–H and O–H groups in total. The molecule has 1 aliphatic rings. The zero-order valence-corrected chi connectivity index (χ0v) is 14.7. The molecule has 1 atom stereocenters. The van der Waals surface area contributed by atoms with Gasteiger partial charge in [0.1, 0.15) is 11.4 Å². The summed E-state index contributed by atoms with van der Waals surface area (Å²) in [6, 6.07) is 4.26. The van der Waals surface area contributed by atoms with Gasteiger partial charge in [0.15, 0.2) is 0 Å². The largest absolute Gasteiger partial charge is 0.495 e. The van der Waals surface area contributed by atoms with Gasteiger partial charge in [-0.3, -0.25) is 4.79 Å². The first-order chi connectivity index (χ1) is 12.6. The van der Waals surface area contributed by atoms with Crippen LogP contribution in [0.4, 0.5) is 5.95 Å². The van der Waals surface area contributed by atoms with Crippen LogP contribution in [0.5, 0.6) is 11.6 Å². The molecule has 1 amide bonds. The molecule has 9 heteroatoms. The summed E-state index contributed by atoms with van der Waals surface area (Å²) in [6.45, 7) is 4.26. The molecule has 2 aromatic heterocycles. The third-order valence-electron chi connectivity index (χ3n) is 4.01. The molecule has 0 unspecified atom stereocenters. The molecule has 0 saturated carbocycles. The zero-order chi connectivity index (χ0) is 18.5. The van der Waals surface area contributed by atoms with E-state index in [2.05, 4.69) is 20.3 Å². The van der Waals surface area contributed by atoms with Crippen molar-refractivity contribution in [2.75, 3.05) is 38.3 Å². The number of anilines is 1. The lowest BCUT2D eigenvalue weighted by molar-refractivity contribution is 0.0934. The van der Waals surface area contributed by atoms with Gasteiger partial charge in [-0.05, 0) is 19.1 Å². The van der Waals surface area contributed by atoms with Crippen LogP contribution in [0.2, 0.25) is 0 Å². The monoisotopic (exact) mass is 359 g/mol. The van der Waals surface area contributed by atoms with Gasteiger partial charge in [-0.15, -0.1) is 0 Å². The number of rotatable bonds is 5. The van der Waals surface area contributed by atoms with Gasteiger partial charge in [0, 0.05) is 19.2 Å². The third kappa shape index (κ3) is 4.17. The third-order valence-corrected chi connectivity index (χ3v) is 4.01. The maximum absolute atomic E-state index is 12.4. The van der Waals surface area contributed by atoms with Gasteiger partial charge in [-0.2, -0.15) is 4.98 Å². The quantitative estimate of drug-likeness (QED) is 0.811. The number of pyridine rings is 1. The van der Waals surface area contributed by atoms with E-state index in [0.29, 0.717) is 43.7 Å². The number of aromatic nitrogens is 3. The molecule has 1 fully saturated rings. The number of carbonyl (C=O) groups is 1. The molecule has 0 spiro atoms. The SMILES string of the molecule is COc1ccc(C(=O)N[C@H](C)c2cc(O)nc(N3CCOCC3)n2)nc1. The average molecular weight is 359 g/mol. The fourth-order valence-electron chi connectivity index (χ4n) is 2.55. The number of methoxy groups -OCH3 is 1. The van der Waals surface area contributed by atoms with Crippen LogP contribution < -0.4 is 15.0 Å². The summed E-state index contributed by atoms with van der Waals surface area (Å²) in [5.41, 5.74) is 0.783. The summed E-state index contributed by atoms with van der Waals surface area (Å²) in [5, 5.41) is 12.8. The maximum Gasteiger partial charge on any atom is 0.270 e. The van der Waals surface area contributed by atoms with Crippen molar-refractivity contribution in [3.63, 3.8) is 0 Å². The van der Waals surface area contributed by atoms with E-state index < -0.39 is 6.04 Å². The first-order valence-electron chi connectivity index (χ1n) is 8.28. The van der Waals surface area contributed by atoms with Crippen molar-refractivity contribution < 1.29 is 19.4 Å². The molecule has 3 heterocycles. The van der Waals surface area contributed by atoms with E-state index >= 15 is 0 Å². The van der Waals surface area contributed by atoms with Crippen molar-refractivity contribution in [3.8, 4) is 11.6 Å². The zero-order valence-electron chi connectivity index (χ0n) is 14.7. The number of morpholine rings is 1. The van der Waals surface area contributed by atoms with Crippen molar-refractivity contribution in [2.24, 2.45) is 0 Å². The minimum Gasteiger partial charge on any atom is -0.495 e. The molecule has 9 nitrogen and oxygen atoms in total. The molecule has 1 saturated heterocycles. The first kappa shape index (κ1) is 17.9. The number of carbonyl (C=O) groups excluding carboxylic acids is 1. The van der Waals surface area contributed by atoms with E-state index in [9.17, 15) is 9.90 Å². The van der Waals surface area contributed by atoms with Gasteiger partial charge in [-0.1, -0.05) is 0 Å². The van der Waals surface area contributed by atoms with E-state index in [1.54, 1.807) is 19.1 Å². The number of nitrogens with zero attached hydrogens (tertiary/aromatic N) is 4. The van der Waals surface area contributed by atoms with Crippen molar-refractivity contribution in [1.29, 1.82) is 0 Å². The van der Waals surface area contributed by atoms with Crippen LogP contribution in [0, 0.1) is 0 Å². The predicted octanol–water partition coefficient (Wildman–Crippen LogP) is 0.913. The Balaban J connectivity index is 1.72. The number of nitrogens with one attached hydrogen (secondary N) is 1. The maximum atomic E-state index is 12.4. The number of aromatic hydroxyl groups is 1. The normalized spacial score (nSPS) is 15.4. The second-order valence-electron chi connectivity index (χ2n) is 5.83. The summed E-state index contributed by atoms with van der Waals surface area (Å²) in [4.78, 5) is 26.9. The Morgan fingerprint density at radius 1 is 1.35 bits per heavy atom. The molecule has 0 radical (unpaired) electrons. The Morgan fingerprint density at radius 2 is 2.12 bits per heavy atom. The Labute approximate surface area is 151 Å². The van der Waals surface area contributed by atoms with Gasteiger partial charge in [0.2, 0.25) is 11.8 Å². The van der Waals surface area contributed by atoms with E-state index in [4.69, 9.17) is 9.47 Å². The molecular weight excluding hydrogens is 338 g/mol. The minimum absolute atomic E-state index is 0.139. The fourth-order valence-corrected chi connectivity index (χ4v) is 2.55. The fraction of sp³-hybridized carbons (Fsp3) is 0.412. The van der Waals surface area contributed by atoms with Crippen LogP contribution in [0.25, 0.3) is 0 Å². The second-order valence-corrected chi connectivity index (χ2v) is 5.83. The highest BCUT2D eigenvalue weighted by Crippen LogP contribution is 2.20. The number of hydrogen-bond donors (Lipinski definition) is 2. The van der Waals surface area contributed by atoms with E-state index in [-0.39, 0.29) is 17.5 Å². The summed E-state index contributed by atoms with van der Waals surface area (Å²) < 4.78 is 10.3. The molecule has 0 aromatic carbocycles. The highest BCUT2D eigenvalue weighted by atomic mass is 16.5. The topological polar surface area (TPSA) is 110 Å². The molecule has 2 aromatic rings. The van der Waals surface area contributed by atoms with E-state index in [1.807, 2.05) is 4.90 Å². The van der Waals surface area contributed by atoms with Crippen LogP contribution in [0.15, 0.2) is 24.4 Å². The lowest BCUT2D eigenvalue weighted by Gasteiger charge is -2.27. The Kier molecular flexibility index (Phi) is 5.47. The highest BCUT2D eigenvalue weighted by molar-refractivity contribution is 5.92. The average Bonchev–Trinajstić information content (AvgIpc) is 2.68. The molecule has 1 aliphatic heterocycles. The van der Waals surface area contributed by atoms with Crippen molar-refractivity contribution in [3.05, 3.63) is 35.8 Å². The summed E-state index contributed by atoms with van der Waals surface area (Å²) in [7, 11) is 1.53. The summed E-state index contributed by atoms with van der Waals surface area (Å²) in [5.74, 6) is 0.517. The molecule has 3 rings (SSSR count). The summed E-state index contributed by atoms with van der Waals surface area (Å²) in [6.07, 6.45) is 1.48. The van der Waals surface area contributed by atoms with Crippen molar-refractivity contribution in [1.82, 2.24) is 20.3 Å². The lowest BCUT2D eigenvalue weighted by atomic mass is 10.2. The highest BCUT2D eigenvalue weighted by Gasteiger charge is 2.19. The number of hydrogen-bond acceptors (Lipinski definition) is 8. The van der Waals surface area contributed by atoms with E-state index in [0.717, 1.165) is 0 Å². The van der Waals surface area contributed by atoms with Gasteiger partial charge in [-0.25, -0.2) is 9.97 Å². The minimum atomic E-state index is -0.430. The van der Waals surface area contributed by atoms with Crippen LogP contribution in [-0.2, 0) is 4.74 Å². The Morgan fingerprint density at radius 3 is 2.77 bits per heavy atom. The van der Waals surface area contributed by atoms with Crippen molar-refractivity contribution in [2.45, 2.75) is 13.0 Å². The molecule has 138 valence electrons. The summed E-state index contributed by atoms with van der Waals surface area (Å²) >= 11 is 0. The molecule has 26 heavy (non-hydrogen) atoms. The second kappa shape index (κ2) is 7.96. The van der Waals surface area contributed by atoms with Crippen LogP contribution in [0.1, 0.15) is 29.1 Å². The smallest absolute Gasteiger partial charge is 0.270 e. The first-order valence-corrected chi connectivity index (χ1v) is 8.28. The van der Waals surface area contributed by atoms with Crippen LogP contribution in [0.3, 0.4) is 0 Å². The van der Waals surface area contributed by atoms with Gasteiger partial charge in [0.05, 0.1) is 38.3 Å². The number of ether oxygens (including phenoxy) is 2. The lowest BCUT2D eigenvalue weighted by Crippen LogP contribution is -2.37. The van der Waals surface area contributed by atoms with Crippen LogP contribution >= 0.6 is 0 Å². The van der Waals surface area contributed by atoms with Crippen molar-refractivity contribution >= 4 is 11.9 Å². The molecular formula is C17H21N5O4. The Bertz CT molecular complexity index is 762. The molecule has 0 aliphatic carbocycles. The Hall–Kier alpha value is -2.94. The van der Waals surface area contributed by atoms with Gasteiger partial charge in [0.25, 0.3) is 5.91 Å².